The topological polar surface area (TPSA) is 84.8 Å². The summed E-state index contributed by atoms with van der Waals surface area (Å²) in [6.07, 6.45) is 8.33. The van der Waals surface area contributed by atoms with E-state index in [-0.39, 0.29) is 0 Å². The van der Waals surface area contributed by atoms with E-state index in [0.717, 1.165) is 6.54 Å². The van der Waals surface area contributed by atoms with Gasteiger partial charge in [-0.2, -0.15) is 13.2 Å². The second kappa shape index (κ2) is 9.67. The molecule has 0 aliphatic carbocycles. The summed E-state index contributed by atoms with van der Waals surface area (Å²) >= 11 is 0. The zero-order valence-electron chi connectivity index (χ0n) is 9.92. The third kappa shape index (κ3) is 13.6. The molecule has 0 radical (unpaired) electrons. The molecule has 0 aromatic carbocycles. The quantitative estimate of drug-likeness (QED) is 0.455. The van der Waals surface area contributed by atoms with E-state index < -0.39 is 15.6 Å². The van der Waals surface area contributed by atoms with E-state index in [2.05, 4.69) is 12.7 Å². The van der Waals surface area contributed by atoms with Gasteiger partial charge >= 0.3 is 5.51 Å². The first-order chi connectivity index (χ1) is 7.66. The molecule has 0 spiro atoms. The molecule has 0 aromatic rings. The smallest absolute Gasteiger partial charge is 0.485 e. The molecule has 0 amide bonds. The van der Waals surface area contributed by atoms with E-state index in [1.54, 1.807) is 0 Å². The van der Waals surface area contributed by atoms with E-state index in [9.17, 15) is 13.2 Å². The molecule has 0 atom stereocenters. The molecule has 0 heterocycles. The number of hydrogen-bond acceptors (Lipinski definition) is 3. The number of alkyl halides is 3. The molecule has 0 aliphatic heterocycles. The molecule has 8 heteroatoms. The first-order valence-corrected chi connectivity index (χ1v) is 6.89. The predicted octanol–water partition coefficient (Wildman–Crippen LogP) is 1.64. The molecule has 0 unspecified atom stereocenters. The van der Waals surface area contributed by atoms with Crippen LogP contribution in [0.1, 0.15) is 45.4 Å². The summed E-state index contributed by atoms with van der Waals surface area (Å²) in [5.74, 6) is 0. The summed E-state index contributed by atoms with van der Waals surface area (Å²) in [5.41, 5.74) is -1.84. The van der Waals surface area contributed by atoms with Crippen molar-refractivity contribution in [3.8, 4) is 0 Å². The van der Waals surface area contributed by atoms with Crippen LogP contribution in [0.2, 0.25) is 0 Å². The lowest BCUT2D eigenvalue weighted by molar-refractivity contribution is -0.368. The lowest BCUT2D eigenvalue weighted by atomic mass is 10.1. The van der Waals surface area contributed by atoms with E-state index in [4.69, 9.17) is 13.0 Å². The van der Waals surface area contributed by atoms with Crippen LogP contribution in [0.4, 0.5) is 13.2 Å². The van der Waals surface area contributed by atoms with Crippen LogP contribution in [0.5, 0.6) is 0 Å². The fourth-order valence-corrected chi connectivity index (χ4v) is 0.957. The average molecular weight is 279 g/mol. The highest BCUT2D eigenvalue weighted by Gasteiger charge is 2.36. The summed E-state index contributed by atoms with van der Waals surface area (Å²) in [5, 5.41) is 0. The molecule has 0 aliphatic rings. The maximum Gasteiger partial charge on any atom is 0.485 e. The Morgan fingerprint density at radius 1 is 1.06 bits per heavy atom. The zero-order valence-corrected chi connectivity index (χ0v) is 10.7. The first-order valence-electron chi connectivity index (χ1n) is 5.48. The molecule has 0 aromatic heterocycles. The van der Waals surface area contributed by atoms with Crippen molar-refractivity contribution in [3.05, 3.63) is 0 Å². The van der Waals surface area contributed by atoms with Gasteiger partial charge in [-0.05, 0) is 12.8 Å². The summed E-state index contributed by atoms with van der Waals surface area (Å²) in [7, 11) is -6.09. The van der Waals surface area contributed by atoms with E-state index >= 15 is 0 Å². The maximum atomic E-state index is 10.7. The van der Waals surface area contributed by atoms with Crippen molar-refractivity contribution in [2.45, 2.75) is 51.0 Å². The molecular formula is C9H20F3NO3S. The molecule has 4 nitrogen and oxygen atoms in total. The van der Waals surface area contributed by atoms with Crippen molar-refractivity contribution < 1.29 is 31.9 Å². The monoisotopic (exact) mass is 279 g/mol. The lowest BCUT2D eigenvalue weighted by Gasteiger charge is -2.08. The van der Waals surface area contributed by atoms with Crippen LogP contribution >= 0.6 is 0 Å². The number of unbranched alkanes of at least 4 members (excludes halogenated alkanes) is 5. The third-order valence-corrected chi connectivity index (χ3v) is 2.45. The summed E-state index contributed by atoms with van der Waals surface area (Å²) < 4.78 is 58.9. The Bertz CT molecular complexity index is 259. The molecule has 0 saturated heterocycles. The Morgan fingerprint density at radius 3 is 1.71 bits per heavy atom. The molecule has 106 valence electrons. The van der Waals surface area contributed by atoms with Crippen molar-refractivity contribution in [3.63, 3.8) is 0 Å². The van der Waals surface area contributed by atoms with Crippen LogP contribution in [-0.4, -0.2) is 25.0 Å². The fraction of sp³-hybridized carbons (Fsp3) is 1.00. The Morgan fingerprint density at radius 2 is 1.41 bits per heavy atom. The Labute approximate surface area is 100 Å². The molecule has 0 saturated carbocycles. The molecule has 0 fully saturated rings. The van der Waals surface area contributed by atoms with Gasteiger partial charge in [0.15, 0.2) is 10.1 Å². The second-order valence-corrected chi connectivity index (χ2v) is 4.89. The SMILES string of the molecule is CCCCCCCC[NH3+].O=S(=O)([O-])C(F)(F)F. The minimum Gasteiger partial charge on any atom is -0.741 e. The summed E-state index contributed by atoms with van der Waals surface area (Å²) in [6.45, 7) is 3.37. The third-order valence-electron chi connectivity index (χ3n) is 1.89. The van der Waals surface area contributed by atoms with Gasteiger partial charge in [-0.15, -0.1) is 0 Å². The molecular weight excluding hydrogens is 259 g/mol. The van der Waals surface area contributed by atoms with Crippen molar-refractivity contribution in [1.29, 1.82) is 0 Å². The molecule has 17 heavy (non-hydrogen) atoms. The van der Waals surface area contributed by atoms with Crippen LogP contribution in [-0.2, 0) is 10.1 Å². The van der Waals surface area contributed by atoms with Gasteiger partial charge in [-0.3, -0.25) is 0 Å². The van der Waals surface area contributed by atoms with Crippen molar-refractivity contribution in [2.75, 3.05) is 6.54 Å². The number of quaternary nitrogens is 1. The largest absolute Gasteiger partial charge is 0.741 e. The van der Waals surface area contributed by atoms with Gasteiger partial charge in [0.1, 0.15) is 0 Å². The predicted molar refractivity (Wildman–Crippen MR) is 56.9 cm³/mol. The van der Waals surface area contributed by atoms with Crippen LogP contribution in [0, 0.1) is 0 Å². The zero-order chi connectivity index (χ0) is 13.9. The minimum atomic E-state index is -6.09. The van der Waals surface area contributed by atoms with E-state index in [0.29, 0.717) is 0 Å². The standard InChI is InChI=1S/C8H19N.CHF3O3S/c1-2-3-4-5-6-7-8-9;2-1(3,4)8(5,6)7/h2-9H2,1H3;(H,5,6,7). The van der Waals surface area contributed by atoms with Crippen LogP contribution < -0.4 is 5.73 Å². The Hall–Kier alpha value is -0.340. The van der Waals surface area contributed by atoms with Crippen LogP contribution in [0.3, 0.4) is 0 Å². The Balaban J connectivity index is 0. The number of halogens is 3. The van der Waals surface area contributed by atoms with E-state index in [1.165, 1.54) is 38.5 Å². The van der Waals surface area contributed by atoms with Gasteiger partial charge in [0.25, 0.3) is 0 Å². The average Bonchev–Trinajstić information content (AvgIpc) is 2.15. The first kappa shape index (κ1) is 19.0. The molecule has 0 bridgehead atoms. The highest BCUT2D eigenvalue weighted by Crippen LogP contribution is 2.20. The van der Waals surface area contributed by atoms with Gasteiger partial charge in [0, 0.05) is 0 Å². The second-order valence-electron chi connectivity index (χ2n) is 3.52. The number of hydrogen-bond donors (Lipinski definition) is 1. The van der Waals surface area contributed by atoms with Crippen LogP contribution in [0.25, 0.3) is 0 Å². The van der Waals surface area contributed by atoms with Gasteiger partial charge in [-0.25, -0.2) is 8.42 Å². The van der Waals surface area contributed by atoms with Crippen molar-refractivity contribution >= 4 is 10.1 Å². The van der Waals surface area contributed by atoms with Crippen molar-refractivity contribution in [2.24, 2.45) is 0 Å². The van der Waals surface area contributed by atoms with Gasteiger partial charge in [0.05, 0.1) is 6.54 Å². The summed E-state index contributed by atoms with van der Waals surface area (Å²) in [4.78, 5) is 0. The Kier molecular flexibility index (Phi) is 10.8. The normalized spacial score (nSPS) is 11.9. The van der Waals surface area contributed by atoms with Gasteiger partial charge < -0.3 is 10.3 Å². The number of rotatable bonds is 6. The van der Waals surface area contributed by atoms with E-state index in [1.807, 2.05) is 0 Å². The molecule has 3 N–H and O–H groups in total. The highest BCUT2D eigenvalue weighted by molar-refractivity contribution is 7.86. The van der Waals surface area contributed by atoms with Crippen LogP contribution in [0.15, 0.2) is 0 Å². The minimum absolute atomic E-state index is 1.12. The molecule has 0 rings (SSSR count). The fourth-order valence-electron chi connectivity index (χ4n) is 0.957. The highest BCUT2D eigenvalue weighted by atomic mass is 32.2. The maximum absolute atomic E-state index is 10.7. The summed E-state index contributed by atoms with van der Waals surface area (Å²) in [6, 6.07) is 0. The van der Waals surface area contributed by atoms with Gasteiger partial charge in [-0.1, -0.05) is 32.6 Å². The van der Waals surface area contributed by atoms with Gasteiger partial charge in [0.2, 0.25) is 0 Å². The lowest BCUT2D eigenvalue weighted by Crippen LogP contribution is -2.50. The van der Waals surface area contributed by atoms with Crippen molar-refractivity contribution in [1.82, 2.24) is 0 Å².